The van der Waals surface area contributed by atoms with Crippen LogP contribution in [0.3, 0.4) is 0 Å². The molecule has 4 aromatic carbocycles. The van der Waals surface area contributed by atoms with E-state index in [4.69, 9.17) is 14.5 Å². The molecule has 1 amide bonds. The molecule has 0 aliphatic rings. The zero-order valence-electron chi connectivity index (χ0n) is 22.7. The van der Waals surface area contributed by atoms with Gasteiger partial charge >= 0.3 is 0 Å². The minimum Gasteiger partial charge on any atom is -0.494 e. The monoisotopic (exact) mass is 516 g/mol. The van der Waals surface area contributed by atoms with Gasteiger partial charge in [0.15, 0.2) is 0 Å². The van der Waals surface area contributed by atoms with E-state index >= 15 is 0 Å². The minimum atomic E-state index is -0.168. The highest BCUT2D eigenvalue weighted by molar-refractivity contribution is 6.15. The molecule has 5 rings (SSSR count). The third kappa shape index (κ3) is 5.78. The summed E-state index contributed by atoms with van der Waals surface area (Å²) >= 11 is 0. The second-order valence-electron chi connectivity index (χ2n) is 9.65. The number of nitrogens with one attached hydrogen (secondary N) is 1. The van der Waals surface area contributed by atoms with Gasteiger partial charge < -0.3 is 14.8 Å². The van der Waals surface area contributed by atoms with Crippen molar-refractivity contribution in [2.24, 2.45) is 0 Å². The van der Waals surface area contributed by atoms with Crippen LogP contribution in [-0.2, 0) is 6.61 Å². The smallest absolute Gasteiger partial charge is 0.256 e. The summed E-state index contributed by atoms with van der Waals surface area (Å²) in [5.74, 6) is 1.38. The SMILES string of the molecule is CCOc1ccc(NC(=O)c2c(C)c(-c3ccc(OCc4ccccc4)cc3)nc3c(C)cc(C)cc23)cc1. The summed E-state index contributed by atoms with van der Waals surface area (Å²) in [6, 6.07) is 29.5. The molecule has 0 aliphatic heterocycles. The Bertz CT molecular complexity index is 1610. The van der Waals surface area contributed by atoms with E-state index in [1.165, 1.54) is 0 Å². The summed E-state index contributed by atoms with van der Waals surface area (Å²) in [4.78, 5) is 18.8. The largest absolute Gasteiger partial charge is 0.494 e. The lowest BCUT2D eigenvalue weighted by Crippen LogP contribution is -2.15. The third-order valence-electron chi connectivity index (χ3n) is 6.69. The van der Waals surface area contributed by atoms with Gasteiger partial charge in [0, 0.05) is 16.6 Å². The van der Waals surface area contributed by atoms with Crippen molar-refractivity contribution in [3.63, 3.8) is 0 Å². The molecule has 1 N–H and O–H groups in total. The first-order valence-electron chi connectivity index (χ1n) is 13.2. The molecule has 0 bridgehead atoms. The van der Waals surface area contributed by atoms with Crippen LogP contribution in [0.25, 0.3) is 22.2 Å². The standard InChI is InChI=1S/C34H32N2O3/c1-5-38-28-17-13-27(14-18-28)35-34(37)31-24(4)33(36-32-23(3)19-22(2)20-30(31)32)26-11-15-29(16-12-26)39-21-25-9-7-6-8-10-25/h6-20H,5,21H2,1-4H3,(H,35,37). The second kappa shape index (κ2) is 11.4. The number of hydrogen-bond acceptors (Lipinski definition) is 4. The highest BCUT2D eigenvalue weighted by atomic mass is 16.5. The van der Waals surface area contributed by atoms with Gasteiger partial charge in [0.1, 0.15) is 18.1 Å². The van der Waals surface area contributed by atoms with Crippen molar-refractivity contribution >= 4 is 22.5 Å². The summed E-state index contributed by atoms with van der Waals surface area (Å²) in [7, 11) is 0. The molecule has 5 heteroatoms. The summed E-state index contributed by atoms with van der Waals surface area (Å²) in [5.41, 5.74) is 7.92. The van der Waals surface area contributed by atoms with E-state index in [9.17, 15) is 4.79 Å². The molecular weight excluding hydrogens is 484 g/mol. The van der Waals surface area contributed by atoms with Crippen LogP contribution in [0.4, 0.5) is 5.69 Å². The van der Waals surface area contributed by atoms with Gasteiger partial charge in [-0.1, -0.05) is 42.0 Å². The lowest BCUT2D eigenvalue weighted by atomic mass is 9.94. The van der Waals surface area contributed by atoms with Crippen molar-refractivity contribution in [1.29, 1.82) is 0 Å². The van der Waals surface area contributed by atoms with E-state index < -0.39 is 0 Å². The number of aromatic nitrogens is 1. The van der Waals surface area contributed by atoms with Crippen LogP contribution in [0.5, 0.6) is 11.5 Å². The van der Waals surface area contributed by atoms with E-state index in [1.807, 2.05) is 113 Å². The normalized spacial score (nSPS) is 10.9. The molecule has 1 aromatic heterocycles. The number of benzene rings is 4. The van der Waals surface area contributed by atoms with Gasteiger partial charge in [0.05, 0.1) is 23.4 Å². The van der Waals surface area contributed by atoms with Gasteiger partial charge in [0.25, 0.3) is 5.91 Å². The maximum atomic E-state index is 13.7. The molecule has 0 saturated carbocycles. The van der Waals surface area contributed by atoms with Crippen molar-refractivity contribution in [1.82, 2.24) is 4.98 Å². The molecule has 0 saturated heterocycles. The number of carbonyl (C=O) groups is 1. The molecule has 1 heterocycles. The molecule has 0 spiro atoms. The van der Waals surface area contributed by atoms with Crippen LogP contribution in [-0.4, -0.2) is 17.5 Å². The molecule has 0 radical (unpaired) electrons. The quantitative estimate of drug-likeness (QED) is 0.227. The zero-order chi connectivity index (χ0) is 27.4. The van der Waals surface area contributed by atoms with Crippen molar-refractivity contribution in [3.8, 4) is 22.8 Å². The molecule has 0 fully saturated rings. The highest BCUT2D eigenvalue weighted by Gasteiger charge is 2.20. The van der Waals surface area contributed by atoms with Crippen molar-refractivity contribution < 1.29 is 14.3 Å². The number of fused-ring (bicyclic) bond motifs is 1. The highest BCUT2D eigenvalue weighted by Crippen LogP contribution is 2.33. The van der Waals surface area contributed by atoms with Gasteiger partial charge in [-0.2, -0.15) is 0 Å². The topological polar surface area (TPSA) is 60.5 Å². The molecule has 5 nitrogen and oxygen atoms in total. The fourth-order valence-corrected chi connectivity index (χ4v) is 4.83. The molecule has 5 aromatic rings. The van der Waals surface area contributed by atoms with Crippen molar-refractivity contribution in [2.45, 2.75) is 34.3 Å². The minimum absolute atomic E-state index is 0.168. The van der Waals surface area contributed by atoms with Gasteiger partial charge in [-0.3, -0.25) is 4.79 Å². The van der Waals surface area contributed by atoms with Gasteiger partial charge in [-0.25, -0.2) is 4.98 Å². The Balaban J connectivity index is 1.50. The Hall–Kier alpha value is -4.64. The maximum absolute atomic E-state index is 13.7. The van der Waals surface area contributed by atoms with E-state index in [0.717, 1.165) is 55.9 Å². The number of pyridine rings is 1. The number of carbonyl (C=O) groups excluding carboxylic acids is 1. The van der Waals surface area contributed by atoms with E-state index in [1.54, 1.807) is 0 Å². The number of aryl methyl sites for hydroxylation is 2. The van der Waals surface area contributed by atoms with Crippen LogP contribution in [0.15, 0.2) is 91.0 Å². The number of anilines is 1. The number of amides is 1. The predicted octanol–water partition coefficient (Wildman–Crippen LogP) is 8.06. The average Bonchev–Trinajstić information content (AvgIpc) is 2.94. The first-order chi connectivity index (χ1) is 18.9. The number of nitrogens with zero attached hydrogens (tertiary/aromatic N) is 1. The van der Waals surface area contributed by atoms with Crippen LogP contribution in [0.2, 0.25) is 0 Å². The lowest BCUT2D eigenvalue weighted by Gasteiger charge is -2.17. The Morgan fingerprint density at radius 3 is 2.18 bits per heavy atom. The lowest BCUT2D eigenvalue weighted by molar-refractivity contribution is 0.102. The Kier molecular flexibility index (Phi) is 7.60. The molecule has 0 aliphatic carbocycles. The Morgan fingerprint density at radius 2 is 1.49 bits per heavy atom. The van der Waals surface area contributed by atoms with Gasteiger partial charge in [-0.05, 0) is 99.0 Å². The summed E-state index contributed by atoms with van der Waals surface area (Å²) in [6.45, 7) is 9.08. The fourth-order valence-electron chi connectivity index (χ4n) is 4.83. The van der Waals surface area contributed by atoms with Gasteiger partial charge in [-0.15, -0.1) is 0 Å². The fraction of sp³-hybridized carbons (Fsp3) is 0.176. The third-order valence-corrected chi connectivity index (χ3v) is 6.69. The average molecular weight is 517 g/mol. The van der Waals surface area contributed by atoms with Crippen LogP contribution < -0.4 is 14.8 Å². The molecule has 39 heavy (non-hydrogen) atoms. The van der Waals surface area contributed by atoms with Crippen molar-refractivity contribution in [3.05, 3.63) is 119 Å². The Labute approximate surface area is 229 Å². The van der Waals surface area contributed by atoms with Crippen molar-refractivity contribution in [2.75, 3.05) is 11.9 Å². The van der Waals surface area contributed by atoms with Crippen LogP contribution in [0, 0.1) is 20.8 Å². The molecule has 0 atom stereocenters. The van der Waals surface area contributed by atoms with Crippen LogP contribution >= 0.6 is 0 Å². The molecular formula is C34H32N2O3. The first kappa shape index (κ1) is 26.0. The maximum Gasteiger partial charge on any atom is 0.256 e. The predicted molar refractivity (Wildman–Crippen MR) is 158 cm³/mol. The summed E-state index contributed by atoms with van der Waals surface area (Å²) < 4.78 is 11.5. The van der Waals surface area contributed by atoms with Crippen LogP contribution in [0.1, 0.15) is 39.5 Å². The van der Waals surface area contributed by atoms with E-state index in [0.29, 0.717) is 24.5 Å². The zero-order valence-corrected chi connectivity index (χ0v) is 22.7. The number of rotatable bonds is 8. The molecule has 196 valence electrons. The first-order valence-corrected chi connectivity index (χ1v) is 13.2. The van der Waals surface area contributed by atoms with E-state index in [-0.39, 0.29) is 5.91 Å². The summed E-state index contributed by atoms with van der Waals surface area (Å²) in [5, 5.41) is 3.92. The van der Waals surface area contributed by atoms with E-state index in [2.05, 4.69) is 11.4 Å². The van der Waals surface area contributed by atoms with Gasteiger partial charge in [0.2, 0.25) is 0 Å². The molecule has 0 unspecified atom stereocenters. The number of ether oxygens (including phenoxy) is 2. The number of hydrogen-bond donors (Lipinski definition) is 1. The second-order valence-corrected chi connectivity index (χ2v) is 9.65. The Morgan fingerprint density at radius 1 is 0.821 bits per heavy atom. The summed E-state index contributed by atoms with van der Waals surface area (Å²) in [6.07, 6.45) is 0.